The van der Waals surface area contributed by atoms with Crippen LogP contribution in [0, 0.1) is 6.92 Å². The Morgan fingerprint density at radius 2 is 1.95 bits per heavy atom. The number of aryl methyl sites for hydroxylation is 1. The number of ether oxygens (including phenoxy) is 1. The van der Waals surface area contributed by atoms with E-state index < -0.39 is 0 Å². The quantitative estimate of drug-likeness (QED) is 0.792. The molecule has 0 aromatic heterocycles. The molecule has 5 heteroatoms. The fraction of sp³-hybridized carbons (Fsp3) is 0.188. The zero-order chi connectivity index (χ0) is 15.2. The monoisotopic (exact) mass is 365 g/mol. The molecule has 0 aliphatic rings. The maximum absolute atomic E-state index is 12.0. The van der Waals surface area contributed by atoms with Crippen molar-refractivity contribution in [2.45, 2.75) is 11.8 Å². The molecule has 0 radical (unpaired) electrons. The zero-order valence-corrected chi connectivity index (χ0v) is 14.3. The topological polar surface area (TPSA) is 38.3 Å². The van der Waals surface area contributed by atoms with Crippen LogP contribution in [0.5, 0.6) is 5.75 Å². The summed E-state index contributed by atoms with van der Waals surface area (Å²) in [6.07, 6.45) is 0. The number of benzene rings is 2. The van der Waals surface area contributed by atoms with E-state index in [0.29, 0.717) is 17.2 Å². The first-order chi connectivity index (χ1) is 10.1. The Morgan fingerprint density at radius 1 is 1.24 bits per heavy atom. The highest BCUT2D eigenvalue weighted by atomic mass is 79.9. The summed E-state index contributed by atoms with van der Waals surface area (Å²) in [5.41, 5.74) is 1.78. The van der Waals surface area contributed by atoms with Crippen LogP contribution in [-0.2, 0) is 4.79 Å². The third-order valence-corrected chi connectivity index (χ3v) is 4.35. The van der Waals surface area contributed by atoms with Crippen LogP contribution < -0.4 is 10.1 Å². The first-order valence-corrected chi connectivity index (χ1v) is 8.19. The summed E-state index contributed by atoms with van der Waals surface area (Å²) < 4.78 is 6.28. The highest BCUT2D eigenvalue weighted by molar-refractivity contribution is 9.10. The second-order valence-electron chi connectivity index (χ2n) is 4.49. The van der Waals surface area contributed by atoms with Crippen molar-refractivity contribution >= 4 is 39.3 Å². The molecular weight excluding hydrogens is 350 g/mol. The lowest BCUT2D eigenvalue weighted by atomic mass is 10.2. The van der Waals surface area contributed by atoms with Gasteiger partial charge < -0.3 is 10.1 Å². The molecule has 0 fully saturated rings. The molecule has 0 unspecified atom stereocenters. The van der Waals surface area contributed by atoms with Gasteiger partial charge in [-0.3, -0.25) is 4.79 Å². The molecule has 0 aliphatic carbocycles. The summed E-state index contributed by atoms with van der Waals surface area (Å²) in [6.45, 7) is 1.98. The summed E-state index contributed by atoms with van der Waals surface area (Å²) in [7, 11) is 1.59. The predicted octanol–water partition coefficient (Wildman–Crippen LogP) is 4.50. The van der Waals surface area contributed by atoms with E-state index in [1.165, 1.54) is 11.8 Å². The van der Waals surface area contributed by atoms with E-state index in [1.54, 1.807) is 7.11 Å². The highest BCUT2D eigenvalue weighted by Gasteiger charge is 2.08. The maximum atomic E-state index is 12.0. The molecule has 0 aliphatic heterocycles. The summed E-state index contributed by atoms with van der Waals surface area (Å²) in [6, 6.07) is 13.6. The largest absolute Gasteiger partial charge is 0.495 e. The van der Waals surface area contributed by atoms with E-state index in [-0.39, 0.29) is 5.91 Å². The fourth-order valence-corrected chi connectivity index (χ4v) is 2.75. The second kappa shape index (κ2) is 7.52. The standard InChI is InChI=1S/C16H16BrNO2S/c1-11-3-8-15(20-2)14(9-11)18-16(19)10-21-13-6-4-12(17)5-7-13/h3-9H,10H2,1-2H3,(H,18,19). The van der Waals surface area contributed by atoms with Crippen molar-refractivity contribution in [3.05, 3.63) is 52.5 Å². The van der Waals surface area contributed by atoms with Crippen LogP contribution in [0.15, 0.2) is 51.8 Å². The number of methoxy groups -OCH3 is 1. The molecule has 3 nitrogen and oxygen atoms in total. The van der Waals surface area contributed by atoms with Crippen LogP contribution in [0.3, 0.4) is 0 Å². The lowest BCUT2D eigenvalue weighted by Crippen LogP contribution is -2.14. The Hall–Kier alpha value is -1.46. The molecule has 21 heavy (non-hydrogen) atoms. The van der Waals surface area contributed by atoms with E-state index in [2.05, 4.69) is 21.2 Å². The molecule has 1 amide bonds. The number of hydrogen-bond donors (Lipinski definition) is 1. The van der Waals surface area contributed by atoms with E-state index in [0.717, 1.165) is 14.9 Å². The first-order valence-electron chi connectivity index (χ1n) is 6.41. The first kappa shape index (κ1) is 15.9. The lowest BCUT2D eigenvalue weighted by Gasteiger charge is -2.11. The minimum atomic E-state index is -0.0492. The van der Waals surface area contributed by atoms with Gasteiger partial charge in [-0.05, 0) is 48.9 Å². The van der Waals surface area contributed by atoms with E-state index in [1.807, 2.05) is 49.4 Å². The summed E-state index contributed by atoms with van der Waals surface area (Å²) in [4.78, 5) is 13.1. The van der Waals surface area contributed by atoms with Gasteiger partial charge in [-0.2, -0.15) is 0 Å². The van der Waals surface area contributed by atoms with Gasteiger partial charge >= 0.3 is 0 Å². The number of amides is 1. The fourth-order valence-electron chi connectivity index (χ4n) is 1.79. The molecule has 2 aromatic carbocycles. The SMILES string of the molecule is COc1ccc(C)cc1NC(=O)CSc1ccc(Br)cc1. The Bertz CT molecular complexity index is 629. The molecule has 0 atom stereocenters. The van der Waals surface area contributed by atoms with Crippen molar-refractivity contribution < 1.29 is 9.53 Å². The predicted molar refractivity (Wildman–Crippen MR) is 91.2 cm³/mol. The Balaban J connectivity index is 1.95. The average molecular weight is 366 g/mol. The Kier molecular flexibility index (Phi) is 5.70. The summed E-state index contributed by atoms with van der Waals surface area (Å²) in [5.74, 6) is 0.980. The van der Waals surface area contributed by atoms with Crippen LogP contribution in [0.25, 0.3) is 0 Å². The summed E-state index contributed by atoms with van der Waals surface area (Å²) >= 11 is 4.89. The molecular formula is C16H16BrNO2S. The van der Waals surface area contributed by atoms with Crippen molar-refractivity contribution in [1.29, 1.82) is 0 Å². The number of anilines is 1. The summed E-state index contributed by atoms with van der Waals surface area (Å²) in [5, 5.41) is 2.89. The van der Waals surface area contributed by atoms with E-state index in [4.69, 9.17) is 4.74 Å². The van der Waals surface area contributed by atoms with Crippen molar-refractivity contribution in [2.24, 2.45) is 0 Å². The third-order valence-electron chi connectivity index (χ3n) is 2.81. The minimum Gasteiger partial charge on any atom is -0.495 e. The second-order valence-corrected chi connectivity index (χ2v) is 6.46. The molecule has 1 N–H and O–H groups in total. The number of rotatable bonds is 5. The molecule has 2 aromatic rings. The zero-order valence-electron chi connectivity index (χ0n) is 11.9. The molecule has 0 spiro atoms. The van der Waals surface area contributed by atoms with Gasteiger partial charge in [-0.25, -0.2) is 0 Å². The van der Waals surface area contributed by atoms with Crippen molar-refractivity contribution in [2.75, 3.05) is 18.2 Å². The van der Waals surface area contributed by atoms with Crippen molar-refractivity contribution in [3.8, 4) is 5.75 Å². The van der Waals surface area contributed by atoms with E-state index in [9.17, 15) is 4.79 Å². The van der Waals surface area contributed by atoms with Crippen LogP contribution >= 0.6 is 27.7 Å². The van der Waals surface area contributed by atoms with Crippen LogP contribution in [0.1, 0.15) is 5.56 Å². The number of carbonyl (C=O) groups is 1. The molecule has 0 saturated carbocycles. The lowest BCUT2D eigenvalue weighted by molar-refractivity contribution is -0.113. The van der Waals surface area contributed by atoms with Gasteiger partial charge in [0, 0.05) is 9.37 Å². The number of hydrogen-bond acceptors (Lipinski definition) is 3. The smallest absolute Gasteiger partial charge is 0.234 e. The average Bonchev–Trinajstić information content (AvgIpc) is 2.47. The third kappa shape index (κ3) is 4.79. The highest BCUT2D eigenvalue weighted by Crippen LogP contribution is 2.26. The number of halogens is 1. The maximum Gasteiger partial charge on any atom is 0.234 e. The van der Waals surface area contributed by atoms with Gasteiger partial charge in [-0.15, -0.1) is 11.8 Å². The van der Waals surface area contributed by atoms with Crippen LogP contribution in [0.2, 0.25) is 0 Å². The number of nitrogens with one attached hydrogen (secondary N) is 1. The Morgan fingerprint density at radius 3 is 2.62 bits per heavy atom. The molecule has 110 valence electrons. The van der Waals surface area contributed by atoms with E-state index >= 15 is 0 Å². The van der Waals surface area contributed by atoms with Gasteiger partial charge in [0.15, 0.2) is 0 Å². The molecule has 0 saturated heterocycles. The molecule has 0 heterocycles. The normalized spacial score (nSPS) is 10.2. The van der Waals surface area contributed by atoms with Crippen LogP contribution in [-0.4, -0.2) is 18.8 Å². The van der Waals surface area contributed by atoms with Crippen molar-refractivity contribution in [3.63, 3.8) is 0 Å². The van der Waals surface area contributed by atoms with Gasteiger partial charge in [0.2, 0.25) is 5.91 Å². The Labute approximate surface area is 137 Å². The minimum absolute atomic E-state index is 0.0492. The van der Waals surface area contributed by atoms with Gasteiger partial charge in [0.25, 0.3) is 0 Å². The van der Waals surface area contributed by atoms with Gasteiger partial charge in [-0.1, -0.05) is 22.0 Å². The van der Waals surface area contributed by atoms with Gasteiger partial charge in [0.05, 0.1) is 18.6 Å². The van der Waals surface area contributed by atoms with Crippen LogP contribution in [0.4, 0.5) is 5.69 Å². The number of thioether (sulfide) groups is 1. The molecule has 2 rings (SSSR count). The van der Waals surface area contributed by atoms with Crippen molar-refractivity contribution in [1.82, 2.24) is 0 Å². The van der Waals surface area contributed by atoms with Gasteiger partial charge in [0.1, 0.15) is 5.75 Å². The number of carbonyl (C=O) groups excluding carboxylic acids is 1. The molecule has 0 bridgehead atoms.